The van der Waals surface area contributed by atoms with Gasteiger partial charge in [-0.15, -0.1) is 0 Å². The Morgan fingerprint density at radius 3 is 2.56 bits per heavy atom. The van der Waals surface area contributed by atoms with Crippen molar-refractivity contribution in [3.8, 4) is 0 Å². The second kappa shape index (κ2) is 4.55. The Kier molecular flexibility index (Phi) is 3.23. The summed E-state index contributed by atoms with van der Waals surface area (Å²) in [5.74, 6) is 0. The molecule has 0 aliphatic heterocycles. The first-order valence-electron chi connectivity index (χ1n) is 5.47. The van der Waals surface area contributed by atoms with Crippen LogP contribution in [0.2, 0.25) is 0 Å². The number of hydrogen-bond acceptors (Lipinski definition) is 3. The molecular formula is C12H15N3O2S. The smallest absolute Gasteiger partial charge is 0.270 e. The Hall–Kier alpha value is -1.66. The normalized spacial score (nSPS) is 12.0. The largest absolute Gasteiger partial charge is 0.301 e. The second-order valence-corrected chi connectivity index (χ2v) is 6.10. The second-order valence-electron chi connectivity index (χ2n) is 4.22. The van der Waals surface area contributed by atoms with Gasteiger partial charge in [0.1, 0.15) is 0 Å². The SMILES string of the molecule is Cc1cc(NS(=O)(=O)N(C)C)c2ccccc2n1. The van der Waals surface area contributed by atoms with Gasteiger partial charge >= 0.3 is 10.2 Å². The lowest BCUT2D eigenvalue weighted by Crippen LogP contribution is -2.29. The molecule has 0 saturated carbocycles. The Morgan fingerprint density at radius 1 is 1.22 bits per heavy atom. The predicted octanol–water partition coefficient (Wildman–Crippen LogP) is 1.76. The number of aromatic nitrogens is 1. The number of nitrogens with one attached hydrogen (secondary N) is 1. The lowest BCUT2D eigenvalue weighted by Gasteiger charge is -2.15. The van der Waals surface area contributed by atoms with Gasteiger partial charge in [0.2, 0.25) is 0 Å². The molecule has 1 heterocycles. The number of rotatable bonds is 3. The molecule has 2 rings (SSSR count). The van der Waals surface area contributed by atoms with Crippen LogP contribution in [0.1, 0.15) is 5.69 Å². The molecule has 0 aliphatic carbocycles. The highest BCUT2D eigenvalue weighted by Gasteiger charge is 2.15. The summed E-state index contributed by atoms with van der Waals surface area (Å²) in [6.07, 6.45) is 0. The Balaban J connectivity index is 2.58. The van der Waals surface area contributed by atoms with Crippen LogP contribution < -0.4 is 4.72 Å². The molecule has 0 spiro atoms. The summed E-state index contributed by atoms with van der Waals surface area (Å²) in [5.41, 5.74) is 2.09. The van der Waals surface area contributed by atoms with Gasteiger partial charge in [-0.25, -0.2) is 0 Å². The van der Waals surface area contributed by atoms with Gasteiger partial charge in [0, 0.05) is 25.2 Å². The van der Waals surface area contributed by atoms with Crippen molar-refractivity contribution in [2.24, 2.45) is 0 Å². The summed E-state index contributed by atoms with van der Waals surface area (Å²) >= 11 is 0. The monoisotopic (exact) mass is 265 g/mol. The van der Waals surface area contributed by atoms with Crippen LogP contribution in [-0.2, 0) is 10.2 Å². The topological polar surface area (TPSA) is 62.3 Å². The number of para-hydroxylation sites is 1. The van der Waals surface area contributed by atoms with Gasteiger partial charge in [-0.3, -0.25) is 9.71 Å². The van der Waals surface area contributed by atoms with E-state index in [0.717, 1.165) is 20.9 Å². The summed E-state index contributed by atoms with van der Waals surface area (Å²) in [6.45, 7) is 1.83. The fourth-order valence-corrected chi connectivity index (χ4v) is 2.25. The number of anilines is 1. The third-order valence-electron chi connectivity index (χ3n) is 2.56. The third-order valence-corrected chi connectivity index (χ3v) is 4.00. The van der Waals surface area contributed by atoms with Gasteiger partial charge in [0.05, 0.1) is 11.2 Å². The van der Waals surface area contributed by atoms with E-state index in [1.807, 2.05) is 31.2 Å². The average molecular weight is 265 g/mol. The maximum absolute atomic E-state index is 11.8. The number of benzene rings is 1. The van der Waals surface area contributed by atoms with E-state index < -0.39 is 10.2 Å². The van der Waals surface area contributed by atoms with Crippen LogP contribution in [0.4, 0.5) is 5.69 Å². The predicted molar refractivity (Wildman–Crippen MR) is 72.7 cm³/mol. The van der Waals surface area contributed by atoms with Crippen LogP contribution >= 0.6 is 0 Å². The molecule has 0 saturated heterocycles. The molecule has 96 valence electrons. The number of hydrogen-bond donors (Lipinski definition) is 1. The summed E-state index contributed by atoms with van der Waals surface area (Å²) in [5, 5.41) is 0.786. The van der Waals surface area contributed by atoms with Gasteiger partial charge in [0.15, 0.2) is 0 Å². The standard InChI is InChI=1S/C12H15N3O2S/c1-9-8-12(14-18(16,17)15(2)3)10-6-4-5-7-11(10)13-9/h4-8H,1-3H3,(H,13,14). The Morgan fingerprint density at radius 2 is 1.89 bits per heavy atom. The molecule has 2 aromatic rings. The number of fused-ring (bicyclic) bond motifs is 1. The molecule has 6 heteroatoms. The summed E-state index contributed by atoms with van der Waals surface area (Å²) in [6, 6.07) is 9.15. The van der Waals surface area contributed by atoms with Crippen molar-refractivity contribution in [3.05, 3.63) is 36.0 Å². The number of aryl methyl sites for hydroxylation is 1. The van der Waals surface area contributed by atoms with E-state index in [-0.39, 0.29) is 0 Å². The van der Waals surface area contributed by atoms with Crippen LogP contribution in [0.25, 0.3) is 10.9 Å². The quantitative estimate of drug-likeness (QED) is 0.919. The first-order chi connectivity index (χ1) is 8.40. The number of pyridine rings is 1. The molecule has 1 aromatic heterocycles. The van der Waals surface area contributed by atoms with Crippen LogP contribution in [0.15, 0.2) is 30.3 Å². The van der Waals surface area contributed by atoms with Crippen molar-refractivity contribution in [3.63, 3.8) is 0 Å². The lowest BCUT2D eigenvalue weighted by atomic mass is 10.2. The molecule has 0 fully saturated rings. The van der Waals surface area contributed by atoms with Crippen molar-refractivity contribution >= 4 is 26.8 Å². The van der Waals surface area contributed by atoms with E-state index in [2.05, 4.69) is 9.71 Å². The molecule has 18 heavy (non-hydrogen) atoms. The molecule has 0 amide bonds. The highest BCUT2D eigenvalue weighted by molar-refractivity contribution is 7.90. The van der Waals surface area contributed by atoms with E-state index >= 15 is 0 Å². The van der Waals surface area contributed by atoms with Crippen LogP contribution in [0, 0.1) is 6.92 Å². The van der Waals surface area contributed by atoms with Crippen molar-refractivity contribution in [1.82, 2.24) is 9.29 Å². The van der Waals surface area contributed by atoms with Gasteiger partial charge in [-0.1, -0.05) is 18.2 Å². The minimum absolute atomic E-state index is 0.548. The molecule has 0 aliphatic rings. The molecule has 0 atom stereocenters. The molecule has 5 nitrogen and oxygen atoms in total. The van der Waals surface area contributed by atoms with E-state index in [4.69, 9.17) is 0 Å². The highest BCUT2D eigenvalue weighted by atomic mass is 32.2. The Bertz CT molecular complexity index is 681. The molecule has 0 radical (unpaired) electrons. The molecule has 1 N–H and O–H groups in total. The zero-order valence-electron chi connectivity index (χ0n) is 10.5. The molecular weight excluding hydrogens is 250 g/mol. The Labute approximate surface area is 107 Å². The summed E-state index contributed by atoms with van der Waals surface area (Å²) in [4.78, 5) is 4.36. The van der Waals surface area contributed by atoms with Crippen LogP contribution in [0.3, 0.4) is 0 Å². The summed E-state index contributed by atoms with van der Waals surface area (Å²) < 4.78 is 27.4. The fourth-order valence-electron chi connectivity index (χ4n) is 1.62. The van der Waals surface area contributed by atoms with E-state index in [1.165, 1.54) is 14.1 Å². The zero-order chi connectivity index (χ0) is 13.3. The maximum Gasteiger partial charge on any atom is 0.301 e. The van der Waals surface area contributed by atoms with Crippen molar-refractivity contribution < 1.29 is 8.42 Å². The summed E-state index contributed by atoms with van der Waals surface area (Å²) in [7, 11) is -0.535. The van der Waals surface area contributed by atoms with Crippen LogP contribution in [-0.4, -0.2) is 31.8 Å². The van der Waals surface area contributed by atoms with E-state index in [1.54, 1.807) is 6.07 Å². The van der Waals surface area contributed by atoms with Gasteiger partial charge in [-0.2, -0.15) is 12.7 Å². The molecule has 1 aromatic carbocycles. The first kappa shape index (κ1) is 12.8. The lowest BCUT2D eigenvalue weighted by molar-refractivity contribution is 0.527. The highest BCUT2D eigenvalue weighted by Crippen LogP contribution is 2.24. The van der Waals surface area contributed by atoms with E-state index in [0.29, 0.717) is 5.69 Å². The third kappa shape index (κ3) is 2.44. The maximum atomic E-state index is 11.8. The fraction of sp³-hybridized carbons (Fsp3) is 0.250. The average Bonchev–Trinajstić information content (AvgIpc) is 2.28. The van der Waals surface area contributed by atoms with Gasteiger partial charge in [-0.05, 0) is 19.1 Å². The molecule has 0 bridgehead atoms. The minimum Gasteiger partial charge on any atom is -0.270 e. The van der Waals surface area contributed by atoms with Gasteiger partial charge < -0.3 is 0 Å². The zero-order valence-corrected chi connectivity index (χ0v) is 11.3. The number of nitrogens with zero attached hydrogens (tertiary/aromatic N) is 2. The first-order valence-corrected chi connectivity index (χ1v) is 6.91. The van der Waals surface area contributed by atoms with Crippen molar-refractivity contribution in [1.29, 1.82) is 0 Å². The molecule has 0 unspecified atom stereocenters. The van der Waals surface area contributed by atoms with Gasteiger partial charge in [0.25, 0.3) is 0 Å². The van der Waals surface area contributed by atoms with Crippen LogP contribution in [0.5, 0.6) is 0 Å². The minimum atomic E-state index is -3.50. The van der Waals surface area contributed by atoms with Crippen molar-refractivity contribution in [2.45, 2.75) is 6.92 Å². The van der Waals surface area contributed by atoms with E-state index in [9.17, 15) is 8.42 Å². The van der Waals surface area contributed by atoms with Crippen molar-refractivity contribution in [2.75, 3.05) is 18.8 Å².